The monoisotopic (exact) mass is 1030 g/mol. The number of rotatable bonds is 51. The summed E-state index contributed by atoms with van der Waals surface area (Å²) in [6.07, 6.45) is 47.3. The summed E-state index contributed by atoms with van der Waals surface area (Å²) in [7, 11) is 0. The predicted octanol–water partition coefficient (Wildman–Crippen LogP) is 13.5. The van der Waals surface area contributed by atoms with Crippen LogP contribution in [0.1, 0.15) is 228 Å². The number of unbranched alkanes of at least 4 members (excludes halogenated alkanes) is 18. The third kappa shape index (κ3) is 38.4. The minimum Gasteiger partial charge on any atom is -0.464 e. The van der Waals surface area contributed by atoms with Crippen molar-refractivity contribution in [2.45, 2.75) is 253 Å². The zero-order valence-corrected chi connectivity index (χ0v) is 48.5. The predicted molar refractivity (Wildman–Crippen MR) is 309 cm³/mol. The van der Waals surface area contributed by atoms with Gasteiger partial charge in [0.15, 0.2) is 0 Å². The fourth-order valence-corrected chi connectivity index (χ4v) is 9.36. The van der Waals surface area contributed by atoms with Crippen molar-refractivity contribution in [3.8, 4) is 0 Å². The fraction of sp³-hybridized carbons (Fsp3) is 0.823. The number of nitrogens with one attached hydrogen (secondary N) is 2. The molecule has 4 atom stereocenters. The topological polar surface area (TPSA) is 113 Å². The van der Waals surface area contributed by atoms with Crippen molar-refractivity contribution in [3.05, 3.63) is 48.6 Å². The Labute approximate surface area is 449 Å². The molecule has 0 saturated carbocycles. The second kappa shape index (κ2) is 50.0. The van der Waals surface area contributed by atoms with Gasteiger partial charge in [-0.25, -0.2) is 4.79 Å². The van der Waals surface area contributed by atoms with E-state index in [2.05, 4.69) is 118 Å². The third-order valence-electron chi connectivity index (χ3n) is 14.4. The molecule has 2 N–H and O–H groups in total. The molecule has 424 valence electrons. The molecule has 1 heterocycles. The van der Waals surface area contributed by atoms with E-state index in [-0.39, 0.29) is 36.0 Å². The maximum Gasteiger partial charge on any atom is 0.328 e. The number of allylic oxidation sites excluding steroid dienone is 8. The molecular formula is C62H115N5O6. The Bertz CT molecular complexity index is 1410. The molecule has 4 unspecified atom stereocenters. The summed E-state index contributed by atoms with van der Waals surface area (Å²) in [5.74, 6) is -0.379. The number of carbonyl (C=O) groups is 3. The maximum atomic E-state index is 13.7. The fourth-order valence-electron chi connectivity index (χ4n) is 9.36. The molecule has 0 aromatic rings. The van der Waals surface area contributed by atoms with E-state index in [1.165, 1.54) is 70.6 Å². The highest BCUT2D eigenvalue weighted by Gasteiger charge is 2.40. The van der Waals surface area contributed by atoms with Crippen molar-refractivity contribution >= 4 is 17.8 Å². The number of hydrogen-bond donors (Lipinski definition) is 2. The Morgan fingerprint density at radius 1 is 0.562 bits per heavy atom. The van der Waals surface area contributed by atoms with Crippen LogP contribution < -0.4 is 10.6 Å². The summed E-state index contributed by atoms with van der Waals surface area (Å²) in [5, 5.41) is 6.75. The molecule has 11 nitrogen and oxygen atoms in total. The van der Waals surface area contributed by atoms with Crippen LogP contribution in [0.5, 0.6) is 0 Å². The summed E-state index contributed by atoms with van der Waals surface area (Å²) in [4.78, 5) is 47.0. The minimum atomic E-state index is -0.657. The highest BCUT2D eigenvalue weighted by atomic mass is 16.5. The highest BCUT2D eigenvalue weighted by Crippen LogP contribution is 2.23. The molecule has 1 fully saturated rings. The van der Waals surface area contributed by atoms with E-state index in [4.69, 9.17) is 14.2 Å². The minimum absolute atomic E-state index is 0.0110. The zero-order chi connectivity index (χ0) is 53.3. The molecule has 0 radical (unpaired) electrons. The first kappa shape index (κ1) is 68.2. The van der Waals surface area contributed by atoms with Crippen LogP contribution in [0.2, 0.25) is 0 Å². The van der Waals surface area contributed by atoms with E-state index < -0.39 is 6.04 Å². The van der Waals surface area contributed by atoms with Gasteiger partial charge < -0.3 is 39.5 Å². The summed E-state index contributed by atoms with van der Waals surface area (Å²) in [5.41, 5.74) is 0. The lowest BCUT2D eigenvalue weighted by Crippen LogP contribution is -2.42. The number of likely N-dealkylation sites (tertiary alicyclic amines) is 1. The van der Waals surface area contributed by atoms with Crippen molar-refractivity contribution in [1.29, 1.82) is 0 Å². The van der Waals surface area contributed by atoms with Crippen LogP contribution in [0.3, 0.4) is 0 Å². The average Bonchev–Trinajstić information content (AvgIpc) is 3.82. The summed E-state index contributed by atoms with van der Waals surface area (Å²) in [6.45, 7) is 24.7. The SMILES string of the molecule is CCCCC/C=C\C/C=C\CCCCCCCCOC(=O)C1CC(NC(=O)CCCCNCC(OCCN(CC)CC)C(C)OCCN(CC)CC)CN1C(=O)CCCCCCC/C=C\C/C=C\CCCCC. The molecule has 1 rings (SSSR count). The van der Waals surface area contributed by atoms with E-state index in [0.29, 0.717) is 52.2 Å². The molecule has 73 heavy (non-hydrogen) atoms. The molecule has 1 aliphatic rings. The Morgan fingerprint density at radius 3 is 1.58 bits per heavy atom. The van der Waals surface area contributed by atoms with Crippen LogP contribution in [-0.4, -0.2) is 135 Å². The first-order valence-corrected chi connectivity index (χ1v) is 30.5. The van der Waals surface area contributed by atoms with Crippen molar-refractivity contribution in [1.82, 2.24) is 25.3 Å². The van der Waals surface area contributed by atoms with Gasteiger partial charge in [0.1, 0.15) is 6.04 Å². The van der Waals surface area contributed by atoms with Crippen LogP contribution in [0.4, 0.5) is 0 Å². The van der Waals surface area contributed by atoms with Gasteiger partial charge in [-0.15, -0.1) is 0 Å². The molecule has 1 aliphatic heterocycles. The lowest BCUT2D eigenvalue weighted by molar-refractivity contribution is -0.153. The summed E-state index contributed by atoms with van der Waals surface area (Å²) >= 11 is 0. The highest BCUT2D eigenvalue weighted by molar-refractivity contribution is 5.86. The largest absolute Gasteiger partial charge is 0.464 e. The van der Waals surface area contributed by atoms with Crippen LogP contribution in [-0.2, 0) is 28.6 Å². The number of likely N-dealkylation sites (N-methyl/N-ethyl adjacent to an activating group) is 2. The van der Waals surface area contributed by atoms with Crippen LogP contribution >= 0.6 is 0 Å². The average molecular weight is 1030 g/mol. The first-order chi connectivity index (χ1) is 35.7. The van der Waals surface area contributed by atoms with E-state index in [1.807, 2.05) is 0 Å². The molecule has 0 aromatic heterocycles. The van der Waals surface area contributed by atoms with Gasteiger partial charge in [-0.05, 0) is 130 Å². The van der Waals surface area contributed by atoms with Gasteiger partial charge in [0.05, 0.1) is 32.0 Å². The molecule has 0 aromatic carbocycles. The molecule has 2 amide bonds. The van der Waals surface area contributed by atoms with E-state index >= 15 is 0 Å². The smallest absolute Gasteiger partial charge is 0.328 e. The number of ether oxygens (including phenoxy) is 3. The molecule has 11 heteroatoms. The second-order valence-electron chi connectivity index (χ2n) is 20.5. The maximum absolute atomic E-state index is 13.7. The Kier molecular flexibility index (Phi) is 46.7. The third-order valence-corrected chi connectivity index (χ3v) is 14.4. The van der Waals surface area contributed by atoms with Gasteiger partial charge in [0, 0.05) is 51.5 Å². The molecular weight excluding hydrogens is 911 g/mol. The van der Waals surface area contributed by atoms with Crippen molar-refractivity contribution in [2.24, 2.45) is 0 Å². The summed E-state index contributed by atoms with van der Waals surface area (Å²) in [6, 6.07) is -0.925. The van der Waals surface area contributed by atoms with E-state index in [1.54, 1.807) is 4.90 Å². The lowest BCUT2D eigenvalue weighted by Gasteiger charge is -2.27. The van der Waals surface area contributed by atoms with Crippen LogP contribution in [0.15, 0.2) is 48.6 Å². The Balaban J connectivity index is 2.60. The van der Waals surface area contributed by atoms with Crippen LogP contribution in [0, 0.1) is 0 Å². The zero-order valence-electron chi connectivity index (χ0n) is 48.5. The summed E-state index contributed by atoms with van der Waals surface area (Å²) < 4.78 is 18.5. The molecule has 0 spiro atoms. The Hall–Kier alpha value is -2.83. The lowest BCUT2D eigenvalue weighted by atomic mass is 10.1. The standard InChI is InChI=1S/C62H115N5O6/c1-8-14-16-18-20-22-24-26-28-30-32-34-36-38-40-44-50-73-62(70)58-53-57(55-67(58)61(69)46-41-39-37-35-33-31-29-27-25-23-21-19-17-15-9-2)64-60(68)45-42-43-47-63-54-59(72-52-49-66(12-5)13-6)56(7)71-51-48-65(10-3)11-4/h20-23,26-29,56-59,63H,8-19,24-25,30-55H2,1-7H3,(H,64,68)/b22-20-,23-21-,28-26-,29-27-. The second-order valence-corrected chi connectivity index (χ2v) is 20.5. The molecule has 1 saturated heterocycles. The number of carbonyl (C=O) groups excluding carboxylic acids is 3. The van der Waals surface area contributed by atoms with Gasteiger partial charge in [-0.1, -0.05) is 161 Å². The number of nitrogens with zero attached hydrogens (tertiary/aromatic N) is 3. The van der Waals surface area contributed by atoms with Gasteiger partial charge >= 0.3 is 5.97 Å². The van der Waals surface area contributed by atoms with Gasteiger partial charge in [-0.3, -0.25) is 9.59 Å². The number of amides is 2. The quantitative estimate of drug-likeness (QED) is 0.0349. The first-order valence-electron chi connectivity index (χ1n) is 30.5. The van der Waals surface area contributed by atoms with Gasteiger partial charge in [-0.2, -0.15) is 0 Å². The van der Waals surface area contributed by atoms with Crippen molar-refractivity contribution in [2.75, 3.05) is 78.7 Å². The Morgan fingerprint density at radius 2 is 1.04 bits per heavy atom. The number of esters is 1. The molecule has 0 bridgehead atoms. The van der Waals surface area contributed by atoms with Crippen LogP contribution in [0.25, 0.3) is 0 Å². The molecule has 0 aliphatic carbocycles. The van der Waals surface area contributed by atoms with Gasteiger partial charge in [0.2, 0.25) is 11.8 Å². The number of hydrogen-bond acceptors (Lipinski definition) is 9. The normalized spacial score (nSPS) is 16.2. The van der Waals surface area contributed by atoms with Gasteiger partial charge in [0.25, 0.3) is 0 Å². The van der Waals surface area contributed by atoms with Crippen molar-refractivity contribution < 1.29 is 28.6 Å². The van der Waals surface area contributed by atoms with E-state index in [0.717, 1.165) is 136 Å². The van der Waals surface area contributed by atoms with Crippen molar-refractivity contribution in [3.63, 3.8) is 0 Å². The van der Waals surface area contributed by atoms with E-state index in [9.17, 15) is 14.4 Å².